The van der Waals surface area contributed by atoms with E-state index in [0.29, 0.717) is 23.8 Å². The third kappa shape index (κ3) is 3.15. The number of nitrogens with zero attached hydrogens (tertiary/aromatic N) is 2. The minimum Gasteiger partial charge on any atom is -0.352 e. The summed E-state index contributed by atoms with van der Waals surface area (Å²) >= 11 is 1.97. The molecule has 4 fully saturated rings. The molecule has 7 heteroatoms. The second-order valence-corrected chi connectivity index (χ2v) is 9.25. The van der Waals surface area contributed by atoms with Gasteiger partial charge in [-0.05, 0) is 56.7 Å². The van der Waals surface area contributed by atoms with Crippen molar-refractivity contribution >= 4 is 48.7 Å². The number of hydrogen-bond acceptors (Lipinski definition) is 4. The van der Waals surface area contributed by atoms with E-state index >= 15 is 0 Å². The molecule has 2 bridgehead atoms. The average molecular weight is 416 g/mol. The number of carbonyl (C=O) groups is 1. The maximum absolute atomic E-state index is 13.1. The van der Waals surface area contributed by atoms with E-state index in [9.17, 15) is 4.79 Å². The van der Waals surface area contributed by atoms with Gasteiger partial charge in [0.1, 0.15) is 0 Å². The second-order valence-electron chi connectivity index (χ2n) is 7.90. The van der Waals surface area contributed by atoms with Crippen LogP contribution in [0.2, 0.25) is 0 Å². The molecular weight excluding hydrogens is 389 g/mol. The first-order valence-electron chi connectivity index (χ1n) is 9.33. The highest BCUT2D eigenvalue weighted by atomic mass is 35.5. The van der Waals surface area contributed by atoms with Crippen molar-refractivity contribution in [1.82, 2.24) is 10.2 Å². The van der Waals surface area contributed by atoms with Crippen LogP contribution in [-0.2, 0) is 4.79 Å². The van der Waals surface area contributed by atoms with E-state index in [2.05, 4.69) is 33.4 Å². The van der Waals surface area contributed by atoms with Crippen molar-refractivity contribution in [3.8, 4) is 0 Å². The van der Waals surface area contributed by atoms with Gasteiger partial charge < -0.3 is 10.2 Å². The summed E-state index contributed by atoms with van der Waals surface area (Å²) in [6.45, 7) is 3.50. The first-order valence-corrected chi connectivity index (χ1v) is 10.3. The number of allylic oxidation sites excluding steroid dienone is 3. The van der Waals surface area contributed by atoms with Gasteiger partial charge in [0.25, 0.3) is 0 Å². The summed E-state index contributed by atoms with van der Waals surface area (Å²) in [6, 6.07) is 0.375. The van der Waals surface area contributed by atoms with Gasteiger partial charge in [-0.1, -0.05) is 12.2 Å². The van der Waals surface area contributed by atoms with E-state index in [1.165, 1.54) is 31.6 Å². The normalized spacial score (nSPS) is 42.0. The fourth-order valence-electron chi connectivity index (χ4n) is 5.36. The molecule has 4 saturated heterocycles. The first kappa shape index (κ1) is 20.2. The third-order valence-electron chi connectivity index (χ3n) is 6.76. The van der Waals surface area contributed by atoms with Gasteiger partial charge in [0.2, 0.25) is 5.91 Å². The maximum atomic E-state index is 13.1. The molecule has 4 unspecified atom stereocenters. The van der Waals surface area contributed by atoms with Crippen molar-refractivity contribution in [2.75, 3.05) is 25.4 Å². The number of nitrogens with one attached hydrogen (secondary N) is 1. The van der Waals surface area contributed by atoms with Crippen molar-refractivity contribution in [2.45, 2.75) is 36.5 Å². The fourth-order valence-corrected chi connectivity index (χ4v) is 7.18. The van der Waals surface area contributed by atoms with E-state index < -0.39 is 0 Å². The van der Waals surface area contributed by atoms with Crippen LogP contribution in [0.15, 0.2) is 28.9 Å². The van der Waals surface area contributed by atoms with Crippen LogP contribution < -0.4 is 5.32 Å². The number of thioether (sulfide) groups is 1. The van der Waals surface area contributed by atoms with Gasteiger partial charge >= 0.3 is 0 Å². The monoisotopic (exact) mass is 415 g/mol. The van der Waals surface area contributed by atoms with Gasteiger partial charge in [-0.25, -0.2) is 0 Å². The molecule has 0 radical (unpaired) electrons. The van der Waals surface area contributed by atoms with Crippen LogP contribution in [0, 0.1) is 17.8 Å². The van der Waals surface area contributed by atoms with Crippen LogP contribution >= 0.6 is 36.6 Å². The lowest BCUT2D eigenvalue weighted by Gasteiger charge is -2.45. The van der Waals surface area contributed by atoms with Crippen molar-refractivity contribution in [1.29, 1.82) is 0 Å². The highest BCUT2D eigenvalue weighted by Gasteiger charge is 2.54. The zero-order chi connectivity index (χ0) is 16.1. The van der Waals surface area contributed by atoms with E-state index in [4.69, 9.17) is 0 Å². The largest absolute Gasteiger partial charge is 0.352 e. The Hall–Kier alpha value is -0.490. The van der Waals surface area contributed by atoms with Crippen LogP contribution in [0.5, 0.6) is 0 Å². The number of carbonyl (C=O) groups excluding carboxylic acids is 1. The highest BCUT2D eigenvalue weighted by molar-refractivity contribution is 8.01. The Balaban J connectivity index is 0.000000980. The van der Waals surface area contributed by atoms with Crippen LogP contribution in [-0.4, -0.2) is 53.2 Å². The molecule has 1 spiro atoms. The summed E-state index contributed by atoms with van der Waals surface area (Å²) in [5.41, 5.74) is 1.18. The summed E-state index contributed by atoms with van der Waals surface area (Å²) in [6.07, 6.45) is 13.0. The van der Waals surface area contributed by atoms with E-state index in [-0.39, 0.29) is 35.5 Å². The summed E-state index contributed by atoms with van der Waals surface area (Å²) in [5, 5.41) is 3.44. The van der Waals surface area contributed by atoms with E-state index in [1.807, 2.05) is 18.0 Å². The van der Waals surface area contributed by atoms with Crippen LogP contribution in [0.3, 0.4) is 0 Å². The van der Waals surface area contributed by atoms with Gasteiger partial charge in [-0.2, -0.15) is 0 Å². The van der Waals surface area contributed by atoms with Crippen LogP contribution in [0.25, 0.3) is 0 Å². The zero-order valence-corrected chi connectivity index (χ0v) is 17.3. The minimum absolute atomic E-state index is 0. The Morgan fingerprint density at radius 3 is 2.85 bits per heavy atom. The lowest BCUT2D eigenvalue weighted by atomic mass is 9.73. The molecule has 144 valence electrons. The number of piperidine rings is 3. The summed E-state index contributed by atoms with van der Waals surface area (Å²) < 4.78 is 0.0561. The predicted molar refractivity (Wildman–Crippen MR) is 113 cm³/mol. The van der Waals surface area contributed by atoms with Gasteiger partial charge in [0.15, 0.2) is 0 Å². The number of fused-ring (bicyclic) bond motifs is 3. The molecule has 5 aliphatic heterocycles. The maximum Gasteiger partial charge on any atom is 0.224 e. The number of rotatable bonds is 2. The van der Waals surface area contributed by atoms with Gasteiger partial charge in [0.05, 0.1) is 16.4 Å². The molecule has 4 nitrogen and oxygen atoms in total. The molecular formula is C19H27Cl2N3OS. The summed E-state index contributed by atoms with van der Waals surface area (Å²) in [5.74, 6) is 2.46. The minimum atomic E-state index is 0. The summed E-state index contributed by atoms with van der Waals surface area (Å²) in [4.78, 5) is 20.3. The molecule has 1 N–H and O–H groups in total. The molecule has 6 aliphatic rings. The SMILES string of the molecule is Cl.Cl.O=C(NC1CN2CCC1CC2)C1CSC23CC=CC=C2N=CCC13. The Labute approximate surface area is 172 Å². The molecule has 1 amide bonds. The molecule has 0 aromatic heterocycles. The van der Waals surface area contributed by atoms with Crippen molar-refractivity contribution in [2.24, 2.45) is 22.7 Å². The molecule has 1 aliphatic carbocycles. The molecule has 26 heavy (non-hydrogen) atoms. The van der Waals surface area contributed by atoms with Gasteiger partial charge in [-0.15, -0.1) is 36.6 Å². The fraction of sp³-hybridized carbons (Fsp3) is 0.684. The Morgan fingerprint density at radius 2 is 2.12 bits per heavy atom. The highest BCUT2D eigenvalue weighted by Crippen LogP contribution is 2.57. The van der Waals surface area contributed by atoms with Gasteiger partial charge in [0, 0.05) is 24.6 Å². The molecule has 5 heterocycles. The van der Waals surface area contributed by atoms with Crippen LogP contribution in [0.4, 0.5) is 0 Å². The predicted octanol–water partition coefficient (Wildman–Crippen LogP) is 3.08. The molecule has 0 aromatic carbocycles. The van der Waals surface area contributed by atoms with Crippen molar-refractivity contribution < 1.29 is 4.79 Å². The molecule has 0 aromatic rings. The van der Waals surface area contributed by atoms with Gasteiger partial charge in [-0.3, -0.25) is 9.79 Å². The van der Waals surface area contributed by atoms with E-state index in [1.54, 1.807) is 0 Å². The Kier molecular flexibility index (Phi) is 6.12. The molecule has 0 saturated carbocycles. The Bertz CT molecular complexity index is 645. The van der Waals surface area contributed by atoms with Crippen molar-refractivity contribution in [3.63, 3.8) is 0 Å². The zero-order valence-electron chi connectivity index (χ0n) is 14.8. The number of hydrogen-bond donors (Lipinski definition) is 1. The standard InChI is InChI=1S/C19H25N3OS.2ClH/c23-18(21-16-11-22-9-5-13(16)6-10-22)14-12-24-19-7-2-1-3-17(19)20-8-4-15(14)19;;/h1-3,8,13-16H,4-7,9-12H2,(H,21,23);2*1H. The number of amides is 1. The Morgan fingerprint density at radius 1 is 1.31 bits per heavy atom. The van der Waals surface area contributed by atoms with Crippen molar-refractivity contribution in [3.05, 3.63) is 23.9 Å². The number of aliphatic imine (C=N–C) groups is 1. The smallest absolute Gasteiger partial charge is 0.224 e. The molecule has 6 rings (SSSR count). The number of halogens is 2. The van der Waals surface area contributed by atoms with Crippen LogP contribution in [0.1, 0.15) is 25.7 Å². The first-order chi connectivity index (χ1) is 11.8. The summed E-state index contributed by atoms with van der Waals surface area (Å²) in [7, 11) is 0. The lowest BCUT2D eigenvalue weighted by Crippen LogP contribution is -2.58. The third-order valence-corrected chi connectivity index (χ3v) is 8.48. The average Bonchev–Trinajstić information content (AvgIpc) is 3.01. The second kappa shape index (κ2) is 7.86. The molecule has 4 atom stereocenters. The quantitative estimate of drug-likeness (QED) is 0.753. The lowest BCUT2D eigenvalue weighted by molar-refractivity contribution is -0.128. The topological polar surface area (TPSA) is 44.7 Å². The van der Waals surface area contributed by atoms with E-state index in [0.717, 1.165) is 25.1 Å².